The fourth-order valence-corrected chi connectivity index (χ4v) is 3.12. The lowest BCUT2D eigenvalue weighted by Crippen LogP contribution is -2.36. The van der Waals surface area contributed by atoms with Crippen LogP contribution < -0.4 is 5.32 Å². The molecular formula is C10H14ClN3OS. The highest BCUT2D eigenvalue weighted by molar-refractivity contribution is 7.85. The highest BCUT2D eigenvalue weighted by atomic mass is 35.5. The van der Waals surface area contributed by atoms with E-state index in [0.29, 0.717) is 10.3 Å². The summed E-state index contributed by atoms with van der Waals surface area (Å²) in [6, 6.07) is 0. The first-order chi connectivity index (χ1) is 7.68. The van der Waals surface area contributed by atoms with E-state index in [1.54, 1.807) is 6.20 Å². The highest BCUT2D eigenvalue weighted by Crippen LogP contribution is 2.17. The second-order valence-corrected chi connectivity index (χ2v) is 5.88. The van der Waals surface area contributed by atoms with E-state index in [9.17, 15) is 4.21 Å². The SMILES string of the molecule is Cc1cnc([S@@](=O)[C@@H]2CCCNC2)nc1Cl. The van der Waals surface area contributed by atoms with E-state index < -0.39 is 10.8 Å². The van der Waals surface area contributed by atoms with Gasteiger partial charge in [0.15, 0.2) is 0 Å². The van der Waals surface area contributed by atoms with Crippen molar-refractivity contribution in [2.45, 2.75) is 30.2 Å². The molecule has 0 aliphatic carbocycles. The van der Waals surface area contributed by atoms with Crippen LogP contribution in [0.2, 0.25) is 5.15 Å². The van der Waals surface area contributed by atoms with E-state index in [4.69, 9.17) is 11.6 Å². The van der Waals surface area contributed by atoms with Crippen LogP contribution in [0.4, 0.5) is 0 Å². The summed E-state index contributed by atoms with van der Waals surface area (Å²) >= 11 is 5.90. The van der Waals surface area contributed by atoms with Crippen molar-refractivity contribution in [3.05, 3.63) is 16.9 Å². The Morgan fingerprint density at radius 2 is 2.44 bits per heavy atom. The van der Waals surface area contributed by atoms with Gasteiger partial charge in [-0.15, -0.1) is 0 Å². The van der Waals surface area contributed by atoms with Crippen molar-refractivity contribution >= 4 is 22.4 Å². The Morgan fingerprint density at radius 1 is 1.62 bits per heavy atom. The lowest BCUT2D eigenvalue weighted by Gasteiger charge is -2.21. The first kappa shape index (κ1) is 12.0. The van der Waals surface area contributed by atoms with Crippen LogP contribution in [0, 0.1) is 6.92 Å². The normalized spacial score (nSPS) is 23.0. The quantitative estimate of drug-likeness (QED) is 0.643. The predicted octanol–water partition coefficient (Wildman–Crippen LogP) is 1.30. The zero-order valence-electron chi connectivity index (χ0n) is 9.07. The number of nitrogens with one attached hydrogen (secondary N) is 1. The molecule has 2 heterocycles. The minimum absolute atomic E-state index is 0.104. The van der Waals surface area contributed by atoms with Crippen molar-refractivity contribution < 1.29 is 4.21 Å². The van der Waals surface area contributed by atoms with Crippen LogP contribution in [0.5, 0.6) is 0 Å². The van der Waals surface area contributed by atoms with E-state index in [1.807, 2.05) is 6.92 Å². The van der Waals surface area contributed by atoms with Crippen molar-refractivity contribution in [2.24, 2.45) is 0 Å². The first-order valence-corrected chi connectivity index (χ1v) is 6.88. The van der Waals surface area contributed by atoms with Crippen molar-refractivity contribution in [3.63, 3.8) is 0 Å². The molecule has 1 fully saturated rings. The van der Waals surface area contributed by atoms with Gasteiger partial charge in [-0.3, -0.25) is 4.21 Å². The average molecular weight is 260 g/mol. The number of hydrogen-bond acceptors (Lipinski definition) is 4. The monoisotopic (exact) mass is 259 g/mol. The molecule has 16 heavy (non-hydrogen) atoms. The van der Waals surface area contributed by atoms with Gasteiger partial charge in [-0.25, -0.2) is 9.97 Å². The molecule has 1 aliphatic heterocycles. The lowest BCUT2D eigenvalue weighted by atomic mass is 10.2. The summed E-state index contributed by atoms with van der Waals surface area (Å²) < 4.78 is 12.2. The van der Waals surface area contributed by atoms with Gasteiger partial charge in [0.2, 0.25) is 5.16 Å². The van der Waals surface area contributed by atoms with Crippen LogP contribution in [-0.4, -0.2) is 32.5 Å². The molecule has 0 radical (unpaired) electrons. The number of halogens is 1. The van der Waals surface area contributed by atoms with Gasteiger partial charge >= 0.3 is 0 Å². The number of nitrogens with zero attached hydrogens (tertiary/aromatic N) is 2. The Hall–Kier alpha value is -0.520. The summed E-state index contributed by atoms with van der Waals surface area (Å²) in [6.45, 7) is 3.60. The Morgan fingerprint density at radius 3 is 3.06 bits per heavy atom. The third-order valence-electron chi connectivity index (χ3n) is 2.62. The maximum absolute atomic E-state index is 12.2. The summed E-state index contributed by atoms with van der Waals surface area (Å²) in [5.41, 5.74) is 0.809. The van der Waals surface area contributed by atoms with Crippen LogP contribution in [0.15, 0.2) is 11.4 Å². The van der Waals surface area contributed by atoms with Gasteiger partial charge in [0.25, 0.3) is 0 Å². The summed E-state index contributed by atoms with van der Waals surface area (Å²) in [7, 11) is -1.16. The summed E-state index contributed by atoms with van der Waals surface area (Å²) in [6.07, 6.45) is 3.63. The van der Waals surface area contributed by atoms with E-state index in [-0.39, 0.29) is 5.25 Å². The number of aryl methyl sites for hydroxylation is 1. The fourth-order valence-electron chi connectivity index (χ4n) is 1.65. The van der Waals surface area contributed by atoms with Crippen molar-refractivity contribution in [1.29, 1.82) is 0 Å². The molecule has 0 amide bonds. The van der Waals surface area contributed by atoms with Gasteiger partial charge in [-0.1, -0.05) is 11.6 Å². The fraction of sp³-hybridized carbons (Fsp3) is 0.600. The van der Waals surface area contributed by atoms with Gasteiger partial charge in [-0.05, 0) is 26.3 Å². The summed E-state index contributed by atoms with van der Waals surface area (Å²) in [5.74, 6) is 0. The molecule has 0 aromatic carbocycles. The van der Waals surface area contributed by atoms with Gasteiger partial charge in [-0.2, -0.15) is 0 Å². The standard InChI is InChI=1S/C10H14ClN3OS/c1-7-5-13-10(14-9(7)11)16(15)8-3-2-4-12-6-8/h5,8,12H,2-4,6H2,1H3/t8-,16+/m1/s1. The molecule has 1 aliphatic rings. The van der Waals surface area contributed by atoms with E-state index in [1.165, 1.54) is 0 Å². The molecule has 2 rings (SSSR count). The molecule has 1 saturated heterocycles. The maximum atomic E-state index is 12.2. The second-order valence-electron chi connectivity index (χ2n) is 3.89. The number of aromatic nitrogens is 2. The van der Waals surface area contributed by atoms with Crippen molar-refractivity contribution in [1.82, 2.24) is 15.3 Å². The molecule has 88 valence electrons. The number of piperidine rings is 1. The van der Waals surface area contributed by atoms with Gasteiger partial charge in [0, 0.05) is 18.3 Å². The van der Waals surface area contributed by atoms with Crippen LogP contribution in [0.25, 0.3) is 0 Å². The average Bonchev–Trinajstić information content (AvgIpc) is 2.33. The Labute approximate surface area is 102 Å². The molecule has 0 bridgehead atoms. The van der Waals surface area contributed by atoms with Gasteiger partial charge in [0.1, 0.15) is 5.15 Å². The second kappa shape index (κ2) is 5.21. The minimum Gasteiger partial charge on any atom is -0.316 e. The number of rotatable bonds is 2. The Kier molecular flexibility index (Phi) is 3.89. The smallest absolute Gasteiger partial charge is 0.220 e. The molecule has 6 heteroatoms. The molecule has 0 saturated carbocycles. The molecule has 2 atom stereocenters. The zero-order valence-corrected chi connectivity index (χ0v) is 10.6. The molecule has 0 unspecified atom stereocenters. The molecule has 0 spiro atoms. The van der Waals surface area contributed by atoms with E-state index in [2.05, 4.69) is 15.3 Å². The van der Waals surface area contributed by atoms with Crippen molar-refractivity contribution in [3.8, 4) is 0 Å². The molecule has 1 aromatic heterocycles. The van der Waals surface area contributed by atoms with Gasteiger partial charge < -0.3 is 5.32 Å². The maximum Gasteiger partial charge on any atom is 0.220 e. The van der Waals surface area contributed by atoms with Crippen LogP contribution in [0.3, 0.4) is 0 Å². The van der Waals surface area contributed by atoms with E-state index >= 15 is 0 Å². The lowest BCUT2D eigenvalue weighted by molar-refractivity contribution is 0.518. The molecule has 4 nitrogen and oxygen atoms in total. The van der Waals surface area contributed by atoms with Gasteiger partial charge in [0.05, 0.1) is 16.0 Å². The van der Waals surface area contributed by atoms with Crippen molar-refractivity contribution in [2.75, 3.05) is 13.1 Å². The summed E-state index contributed by atoms with van der Waals surface area (Å²) in [5, 5.41) is 4.08. The zero-order chi connectivity index (χ0) is 11.5. The molecule has 1 aromatic rings. The van der Waals surface area contributed by atoms with Crippen LogP contribution >= 0.6 is 11.6 Å². The molecule has 1 N–H and O–H groups in total. The molecular weight excluding hydrogens is 246 g/mol. The Balaban J connectivity index is 2.16. The topological polar surface area (TPSA) is 54.9 Å². The van der Waals surface area contributed by atoms with E-state index in [0.717, 1.165) is 31.5 Å². The Bertz CT molecular complexity index is 407. The largest absolute Gasteiger partial charge is 0.316 e. The summed E-state index contributed by atoms with van der Waals surface area (Å²) in [4.78, 5) is 8.16. The van der Waals surface area contributed by atoms with Crippen LogP contribution in [-0.2, 0) is 10.8 Å². The number of hydrogen-bond donors (Lipinski definition) is 1. The predicted molar refractivity (Wildman–Crippen MR) is 64.1 cm³/mol. The van der Waals surface area contributed by atoms with Crippen LogP contribution in [0.1, 0.15) is 18.4 Å². The third kappa shape index (κ3) is 2.59. The third-order valence-corrected chi connectivity index (χ3v) is 4.57. The first-order valence-electron chi connectivity index (χ1n) is 5.29. The highest BCUT2D eigenvalue weighted by Gasteiger charge is 2.23. The minimum atomic E-state index is -1.16.